The van der Waals surface area contributed by atoms with Gasteiger partial charge in [-0.1, -0.05) is 6.42 Å². The van der Waals surface area contributed by atoms with Crippen LogP contribution in [0.2, 0.25) is 0 Å². The van der Waals surface area contributed by atoms with Gasteiger partial charge in [0.1, 0.15) is 5.82 Å². The molecular formula is C24H35FN6. The number of nitrogens with one attached hydrogen (secondary N) is 1. The van der Waals surface area contributed by atoms with Crippen molar-refractivity contribution in [3.63, 3.8) is 0 Å². The van der Waals surface area contributed by atoms with Crippen LogP contribution in [0.5, 0.6) is 0 Å². The molecule has 0 amide bonds. The van der Waals surface area contributed by atoms with E-state index in [4.69, 9.17) is 4.99 Å². The van der Waals surface area contributed by atoms with E-state index in [1.54, 1.807) is 16.8 Å². The van der Waals surface area contributed by atoms with E-state index in [1.807, 2.05) is 12.3 Å². The second-order valence-electron chi connectivity index (χ2n) is 8.68. The molecule has 1 atom stereocenters. The lowest BCUT2D eigenvalue weighted by Gasteiger charge is -2.29. The molecule has 0 spiro atoms. The molecule has 1 N–H and O–H groups in total. The van der Waals surface area contributed by atoms with Gasteiger partial charge in [0.2, 0.25) is 0 Å². The van der Waals surface area contributed by atoms with Crippen molar-refractivity contribution in [1.82, 2.24) is 24.9 Å². The Morgan fingerprint density at radius 3 is 2.71 bits per heavy atom. The topological polar surface area (TPSA) is 48.7 Å². The molecule has 1 aromatic carbocycles. The highest BCUT2D eigenvalue weighted by atomic mass is 19.1. The van der Waals surface area contributed by atoms with Crippen molar-refractivity contribution in [3.8, 4) is 5.69 Å². The maximum Gasteiger partial charge on any atom is 0.193 e. The number of halogens is 1. The van der Waals surface area contributed by atoms with Crippen molar-refractivity contribution in [3.05, 3.63) is 48.0 Å². The molecule has 1 unspecified atom stereocenters. The van der Waals surface area contributed by atoms with Crippen molar-refractivity contribution in [1.29, 1.82) is 0 Å². The number of rotatable bonds is 7. The van der Waals surface area contributed by atoms with Gasteiger partial charge in [-0.25, -0.2) is 9.07 Å². The van der Waals surface area contributed by atoms with Crippen molar-refractivity contribution in [2.24, 2.45) is 10.9 Å². The zero-order valence-corrected chi connectivity index (χ0v) is 18.6. The molecule has 31 heavy (non-hydrogen) atoms. The number of guanidine groups is 1. The normalized spacial score (nSPS) is 20.4. The maximum absolute atomic E-state index is 13.1. The summed E-state index contributed by atoms with van der Waals surface area (Å²) >= 11 is 0. The smallest absolute Gasteiger partial charge is 0.193 e. The third-order valence-corrected chi connectivity index (χ3v) is 6.25. The second kappa shape index (κ2) is 10.8. The van der Waals surface area contributed by atoms with E-state index >= 15 is 0 Å². The highest BCUT2D eigenvalue weighted by Gasteiger charge is 2.26. The van der Waals surface area contributed by atoms with E-state index < -0.39 is 0 Å². The minimum atomic E-state index is -0.235. The summed E-state index contributed by atoms with van der Waals surface area (Å²) in [5.41, 5.74) is 1.86. The summed E-state index contributed by atoms with van der Waals surface area (Å²) in [6.07, 6.45) is 8.07. The van der Waals surface area contributed by atoms with Gasteiger partial charge in [0.25, 0.3) is 0 Å². The number of likely N-dealkylation sites (tertiary alicyclic amines) is 2. The Bertz CT molecular complexity index is 840. The Morgan fingerprint density at radius 2 is 1.94 bits per heavy atom. The molecule has 2 aromatic rings. The van der Waals surface area contributed by atoms with Crippen molar-refractivity contribution in [2.45, 2.75) is 39.0 Å². The summed E-state index contributed by atoms with van der Waals surface area (Å²) in [6.45, 7) is 9.68. The molecule has 2 aliphatic rings. The fourth-order valence-electron chi connectivity index (χ4n) is 4.62. The first-order valence-corrected chi connectivity index (χ1v) is 11.8. The lowest BCUT2D eigenvalue weighted by atomic mass is 10.1. The molecule has 6 nitrogen and oxygen atoms in total. The van der Waals surface area contributed by atoms with Gasteiger partial charge in [-0.15, -0.1) is 0 Å². The first-order chi connectivity index (χ1) is 15.2. The Morgan fingerprint density at radius 1 is 1.13 bits per heavy atom. The van der Waals surface area contributed by atoms with Crippen LogP contribution in [0.1, 0.15) is 38.3 Å². The van der Waals surface area contributed by atoms with E-state index in [-0.39, 0.29) is 5.82 Å². The largest absolute Gasteiger partial charge is 0.357 e. The summed E-state index contributed by atoms with van der Waals surface area (Å²) in [4.78, 5) is 9.96. The van der Waals surface area contributed by atoms with Crippen LogP contribution in [-0.2, 0) is 6.42 Å². The summed E-state index contributed by atoms with van der Waals surface area (Å²) in [5.74, 6) is 1.54. The number of piperidine rings is 1. The van der Waals surface area contributed by atoms with E-state index in [2.05, 4.69) is 27.1 Å². The predicted molar refractivity (Wildman–Crippen MR) is 123 cm³/mol. The van der Waals surface area contributed by atoms with Gasteiger partial charge in [0.15, 0.2) is 5.96 Å². The SMILES string of the molecule is CCNC(=NCCc1ccn(-c2ccc(F)cc2)n1)N1CCC(CN2CCCCC2)C1. The molecule has 2 saturated heterocycles. The van der Waals surface area contributed by atoms with Crippen LogP contribution in [-0.4, -0.2) is 71.4 Å². The third-order valence-electron chi connectivity index (χ3n) is 6.25. The van der Waals surface area contributed by atoms with Gasteiger partial charge in [-0.3, -0.25) is 4.99 Å². The zero-order valence-electron chi connectivity index (χ0n) is 18.6. The van der Waals surface area contributed by atoms with Crippen LogP contribution in [0.15, 0.2) is 41.5 Å². The van der Waals surface area contributed by atoms with Gasteiger partial charge < -0.3 is 15.1 Å². The molecule has 1 aromatic heterocycles. The summed E-state index contributed by atoms with van der Waals surface area (Å²) < 4.78 is 14.9. The fourth-order valence-corrected chi connectivity index (χ4v) is 4.62. The van der Waals surface area contributed by atoms with Gasteiger partial charge in [0, 0.05) is 45.3 Å². The molecule has 0 bridgehead atoms. The fraction of sp³-hybridized carbons (Fsp3) is 0.583. The van der Waals surface area contributed by atoms with E-state index in [9.17, 15) is 4.39 Å². The third kappa shape index (κ3) is 6.06. The number of aliphatic imine (C=N–C) groups is 1. The Balaban J connectivity index is 1.29. The van der Waals surface area contributed by atoms with Crippen molar-refractivity contribution in [2.75, 3.05) is 45.8 Å². The van der Waals surface area contributed by atoms with Crippen molar-refractivity contribution >= 4 is 5.96 Å². The van der Waals surface area contributed by atoms with Gasteiger partial charge in [0.05, 0.1) is 11.4 Å². The molecule has 4 rings (SSSR count). The van der Waals surface area contributed by atoms with Gasteiger partial charge in [-0.05, 0) is 75.5 Å². The highest BCUT2D eigenvalue weighted by Crippen LogP contribution is 2.20. The van der Waals surface area contributed by atoms with E-state index in [0.29, 0.717) is 6.54 Å². The van der Waals surface area contributed by atoms with Gasteiger partial charge >= 0.3 is 0 Å². The van der Waals surface area contributed by atoms with Crippen molar-refractivity contribution < 1.29 is 4.39 Å². The molecule has 3 heterocycles. The molecule has 0 aliphatic carbocycles. The lowest BCUT2D eigenvalue weighted by Crippen LogP contribution is -2.41. The van der Waals surface area contributed by atoms with E-state index in [1.165, 1.54) is 57.5 Å². The number of hydrogen-bond acceptors (Lipinski definition) is 3. The van der Waals surface area contributed by atoms with Gasteiger partial charge in [-0.2, -0.15) is 5.10 Å². The number of nitrogens with zero attached hydrogens (tertiary/aromatic N) is 5. The molecule has 0 radical (unpaired) electrons. The highest BCUT2D eigenvalue weighted by molar-refractivity contribution is 5.80. The van der Waals surface area contributed by atoms with E-state index in [0.717, 1.165) is 49.3 Å². The van der Waals surface area contributed by atoms with Crippen LogP contribution in [0.4, 0.5) is 4.39 Å². The van der Waals surface area contributed by atoms with Crippen LogP contribution < -0.4 is 5.32 Å². The quantitative estimate of drug-likeness (QED) is 0.545. The molecule has 2 aliphatic heterocycles. The molecular weight excluding hydrogens is 391 g/mol. The molecule has 7 heteroatoms. The zero-order chi connectivity index (χ0) is 21.5. The second-order valence-corrected chi connectivity index (χ2v) is 8.68. The Labute approximate surface area is 185 Å². The Kier molecular flexibility index (Phi) is 7.57. The standard InChI is InChI=1S/C24H35FN6/c1-2-26-24(30-16-11-20(19-30)18-29-14-4-3-5-15-29)27-13-10-22-12-17-31(28-22)23-8-6-21(25)7-9-23/h6-9,12,17,20H,2-5,10-11,13-16,18-19H2,1H3,(H,26,27). The average Bonchev–Trinajstić information content (AvgIpc) is 3.44. The first-order valence-electron chi connectivity index (χ1n) is 11.8. The molecule has 0 saturated carbocycles. The maximum atomic E-state index is 13.1. The Hall–Kier alpha value is -2.41. The summed E-state index contributed by atoms with van der Waals surface area (Å²) in [5, 5.41) is 8.09. The average molecular weight is 427 g/mol. The van der Waals surface area contributed by atoms with Crippen LogP contribution >= 0.6 is 0 Å². The molecule has 2 fully saturated rings. The summed E-state index contributed by atoms with van der Waals surface area (Å²) in [7, 11) is 0. The van der Waals surface area contributed by atoms with Crippen LogP contribution in [0.25, 0.3) is 5.69 Å². The van der Waals surface area contributed by atoms with Crippen LogP contribution in [0.3, 0.4) is 0 Å². The first kappa shape index (κ1) is 21.8. The monoisotopic (exact) mass is 426 g/mol. The minimum Gasteiger partial charge on any atom is -0.357 e. The summed E-state index contributed by atoms with van der Waals surface area (Å²) in [6, 6.07) is 8.40. The minimum absolute atomic E-state index is 0.235. The predicted octanol–water partition coefficient (Wildman–Crippen LogP) is 3.33. The lowest BCUT2D eigenvalue weighted by molar-refractivity contribution is 0.198. The molecule has 168 valence electrons. The van der Waals surface area contributed by atoms with Crippen LogP contribution in [0, 0.1) is 11.7 Å². The number of benzene rings is 1. The number of hydrogen-bond donors (Lipinski definition) is 1. The number of aromatic nitrogens is 2.